The first-order valence-corrected chi connectivity index (χ1v) is 7.26. The quantitative estimate of drug-likeness (QED) is 0.880. The number of ketones is 1. The van der Waals surface area contributed by atoms with Crippen molar-refractivity contribution in [2.75, 3.05) is 11.9 Å². The summed E-state index contributed by atoms with van der Waals surface area (Å²) < 4.78 is 5.59. The van der Waals surface area contributed by atoms with Crippen LogP contribution in [-0.2, 0) is 4.79 Å². The third-order valence-electron chi connectivity index (χ3n) is 3.81. The Kier molecular flexibility index (Phi) is 3.92. The second kappa shape index (κ2) is 6.02. The average Bonchev–Trinajstić information content (AvgIpc) is 2.91. The summed E-state index contributed by atoms with van der Waals surface area (Å²) in [5.41, 5.74) is 2.42. The Morgan fingerprint density at radius 2 is 1.86 bits per heavy atom. The van der Waals surface area contributed by atoms with Crippen molar-refractivity contribution in [1.29, 1.82) is 0 Å². The topological polar surface area (TPSA) is 55.4 Å². The summed E-state index contributed by atoms with van der Waals surface area (Å²) >= 11 is 0. The molecule has 0 bridgehead atoms. The van der Waals surface area contributed by atoms with E-state index in [1.54, 1.807) is 24.3 Å². The molecule has 1 heterocycles. The molecular formula is C18H17NO3. The van der Waals surface area contributed by atoms with Crippen LogP contribution < -0.4 is 10.1 Å². The zero-order valence-electron chi connectivity index (χ0n) is 12.3. The summed E-state index contributed by atoms with van der Waals surface area (Å²) in [5.74, 6) is 0.914. The number of rotatable bonds is 4. The Bertz CT molecular complexity index is 707. The minimum atomic E-state index is -0.0547. The second-order valence-electron chi connectivity index (χ2n) is 5.43. The molecule has 0 aliphatic carbocycles. The van der Waals surface area contributed by atoms with E-state index in [9.17, 15) is 9.59 Å². The van der Waals surface area contributed by atoms with Gasteiger partial charge in [0.2, 0.25) is 5.91 Å². The number of para-hydroxylation sites is 1. The lowest BCUT2D eigenvalue weighted by atomic mass is 9.97. The van der Waals surface area contributed by atoms with E-state index in [2.05, 4.69) is 5.32 Å². The van der Waals surface area contributed by atoms with Crippen LogP contribution in [0.3, 0.4) is 0 Å². The first kappa shape index (κ1) is 14.3. The van der Waals surface area contributed by atoms with Gasteiger partial charge in [-0.2, -0.15) is 0 Å². The fourth-order valence-corrected chi connectivity index (χ4v) is 2.62. The van der Waals surface area contributed by atoms with Gasteiger partial charge in [0.25, 0.3) is 0 Å². The van der Waals surface area contributed by atoms with Crippen LogP contribution in [0.4, 0.5) is 5.69 Å². The lowest BCUT2D eigenvalue weighted by molar-refractivity contribution is -0.116. The summed E-state index contributed by atoms with van der Waals surface area (Å²) in [7, 11) is 0. The Hall–Kier alpha value is -2.62. The maximum Gasteiger partial charge on any atom is 0.225 e. The smallest absolute Gasteiger partial charge is 0.225 e. The molecule has 1 unspecified atom stereocenters. The van der Waals surface area contributed by atoms with Gasteiger partial charge in [-0.1, -0.05) is 18.2 Å². The summed E-state index contributed by atoms with van der Waals surface area (Å²) in [6.45, 7) is 2.06. The third-order valence-corrected chi connectivity index (χ3v) is 3.81. The van der Waals surface area contributed by atoms with Crippen molar-refractivity contribution in [3.05, 3.63) is 59.7 Å². The SMILES string of the molecule is CC(=O)c1ccc(NC(=O)CC2COc3ccccc32)cc1. The van der Waals surface area contributed by atoms with Crippen LogP contribution in [-0.4, -0.2) is 18.3 Å². The molecule has 4 nitrogen and oxygen atoms in total. The molecule has 4 heteroatoms. The highest BCUT2D eigenvalue weighted by molar-refractivity contribution is 5.95. The lowest BCUT2D eigenvalue weighted by Gasteiger charge is -2.10. The van der Waals surface area contributed by atoms with Crippen molar-refractivity contribution in [3.8, 4) is 5.75 Å². The standard InChI is InChI=1S/C18H17NO3/c1-12(20)13-6-8-15(9-7-13)19-18(21)10-14-11-22-17-5-3-2-4-16(14)17/h2-9,14H,10-11H2,1H3,(H,19,21). The van der Waals surface area contributed by atoms with Gasteiger partial charge in [0.05, 0.1) is 6.61 Å². The van der Waals surface area contributed by atoms with E-state index < -0.39 is 0 Å². The molecule has 0 spiro atoms. The van der Waals surface area contributed by atoms with Crippen molar-refractivity contribution >= 4 is 17.4 Å². The molecule has 1 N–H and O–H groups in total. The van der Waals surface area contributed by atoms with E-state index in [4.69, 9.17) is 4.74 Å². The molecule has 0 fully saturated rings. The molecule has 0 saturated carbocycles. The second-order valence-corrected chi connectivity index (χ2v) is 5.43. The van der Waals surface area contributed by atoms with Crippen LogP contribution in [0, 0.1) is 0 Å². The van der Waals surface area contributed by atoms with Gasteiger partial charge >= 0.3 is 0 Å². The molecule has 1 amide bonds. The number of benzene rings is 2. The number of anilines is 1. The summed E-state index contributed by atoms with van der Waals surface area (Å²) in [4.78, 5) is 23.4. The fourth-order valence-electron chi connectivity index (χ4n) is 2.62. The molecule has 1 aliphatic rings. The zero-order chi connectivity index (χ0) is 15.5. The van der Waals surface area contributed by atoms with E-state index in [1.807, 2.05) is 24.3 Å². The van der Waals surface area contributed by atoms with Crippen molar-refractivity contribution < 1.29 is 14.3 Å². The van der Waals surface area contributed by atoms with Crippen molar-refractivity contribution in [2.45, 2.75) is 19.3 Å². The molecule has 1 atom stereocenters. The highest BCUT2D eigenvalue weighted by atomic mass is 16.5. The van der Waals surface area contributed by atoms with Crippen molar-refractivity contribution in [1.82, 2.24) is 0 Å². The van der Waals surface area contributed by atoms with Gasteiger partial charge in [-0.05, 0) is 37.3 Å². The number of nitrogens with one attached hydrogen (secondary N) is 1. The van der Waals surface area contributed by atoms with Gasteiger partial charge in [0.15, 0.2) is 5.78 Å². The van der Waals surface area contributed by atoms with Crippen LogP contribution in [0.25, 0.3) is 0 Å². The first-order valence-electron chi connectivity index (χ1n) is 7.26. The van der Waals surface area contributed by atoms with E-state index >= 15 is 0 Å². The number of carbonyl (C=O) groups is 2. The predicted molar refractivity (Wildman–Crippen MR) is 84.4 cm³/mol. The maximum atomic E-state index is 12.2. The Morgan fingerprint density at radius 3 is 2.59 bits per heavy atom. The van der Waals surface area contributed by atoms with E-state index in [0.717, 1.165) is 11.3 Å². The van der Waals surface area contributed by atoms with Crippen LogP contribution in [0.15, 0.2) is 48.5 Å². The molecule has 0 saturated heterocycles. The predicted octanol–water partition coefficient (Wildman–Crippen LogP) is 3.39. The van der Waals surface area contributed by atoms with Gasteiger partial charge < -0.3 is 10.1 Å². The molecule has 1 aliphatic heterocycles. The summed E-state index contributed by atoms with van der Waals surface area (Å²) in [5, 5.41) is 2.86. The molecule has 0 radical (unpaired) electrons. The van der Waals surface area contributed by atoms with Crippen LogP contribution in [0.2, 0.25) is 0 Å². The molecule has 112 valence electrons. The summed E-state index contributed by atoms with van der Waals surface area (Å²) in [6.07, 6.45) is 0.380. The highest BCUT2D eigenvalue weighted by Gasteiger charge is 2.25. The van der Waals surface area contributed by atoms with Gasteiger partial charge in [-0.25, -0.2) is 0 Å². The van der Waals surface area contributed by atoms with E-state index in [-0.39, 0.29) is 17.6 Å². The zero-order valence-corrected chi connectivity index (χ0v) is 12.3. The molecule has 0 aromatic heterocycles. The minimum Gasteiger partial charge on any atom is -0.493 e. The van der Waals surface area contributed by atoms with Gasteiger partial charge in [0.1, 0.15) is 5.75 Å². The maximum absolute atomic E-state index is 12.2. The van der Waals surface area contributed by atoms with Crippen LogP contribution in [0.1, 0.15) is 35.2 Å². The Balaban J connectivity index is 1.62. The molecular weight excluding hydrogens is 278 g/mol. The number of fused-ring (bicyclic) bond motifs is 1. The Morgan fingerprint density at radius 1 is 1.14 bits per heavy atom. The monoisotopic (exact) mass is 295 g/mol. The highest BCUT2D eigenvalue weighted by Crippen LogP contribution is 2.35. The average molecular weight is 295 g/mol. The number of Topliss-reactive ketones (excluding diaryl/α,β-unsaturated/α-hetero) is 1. The third kappa shape index (κ3) is 3.01. The van der Waals surface area contributed by atoms with E-state index in [0.29, 0.717) is 24.3 Å². The normalized spacial score (nSPS) is 15.8. The molecule has 3 rings (SSSR count). The fraction of sp³-hybridized carbons (Fsp3) is 0.222. The number of amides is 1. The minimum absolute atomic E-state index is 0.0117. The first-order chi connectivity index (χ1) is 10.6. The van der Waals surface area contributed by atoms with Gasteiger partial charge in [-0.3, -0.25) is 9.59 Å². The van der Waals surface area contributed by atoms with Gasteiger partial charge in [0, 0.05) is 29.2 Å². The molecule has 2 aromatic rings. The number of ether oxygens (including phenoxy) is 1. The summed E-state index contributed by atoms with van der Waals surface area (Å²) in [6, 6.07) is 14.7. The Labute approximate surface area is 129 Å². The number of carbonyl (C=O) groups excluding carboxylic acids is 2. The van der Waals surface area contributed by atoms with Crippen LogP contribution >= 0.6 is 0 Å². The van der Waals surface area contributed by atoms with Crippen molar-refractivity contribution in [2.24, 2.45) is 0 Å². The van der Waals surface area contributed by atoms with Crippen molar-refractivity contribution in [3.63, 3.8) is 0 Å². The van der Waals surface area contributed by atoms with Crippen LogP contribution in [0.5, 0.6) is 5.75 Å². The van der Waals surface area contributed by atoms with Gasteiger partial charge in [-0.15, -0.1) is 0 Å². The lowest BCUT2D eigenvalue weighted by Crippen LogP contribution is -2.16. The molecule has 22 heavy (non-hydrogen) atoms. The largest absolute Gasteiger partial charge is 0.493 e. The number of hydrogen-bond donors (Lipinski definition) is 1. The van der Waals surface area contributed by atoms with E-state index in [1.165, 1.54) is 6.92 Å². The molecule has 2 aromatic carbocycles. The number of hydrogen-bond acceptors (Lipinski definition) is 3.